The van der Waals surface area contributed by atoms with Gasteiger partial charge in [-0.2, -0.15) is 0 Å². The fourth-order valence-corrected chi connectivity index (χ4v) is 1.37. The maximum Gasteiger partial charge on any atom is 0.317 e. The molecule has 2 N–H and O–H groups in total. The fourth-order valence-electron chi connectivity index (χ4n) is 1.37. The van der Waals surface area contributed by atoms with Gasteiger partial charge >= 0.3 is 5.97 Å². The molecule has 0 fully saturated rings. The zero-order valence-corrected chi connectivity index (χ0v) is 12.3. The normalized spacial score (nSPS) is 12.6. The second-order valence-corrected chi connectivity index (χ2v) is 6.21. The maximum absolute atomic E-state index is 11.9. The van der Waals surface area contributed by atoms with Crippen molar-refractivity contribution in [3.05, 3.63) is 0 Å². The molecule has 0 aliphatic carbocycles. The third-order valence-electron chi connectivity index (χ3n) is 2.97. The Bertz CT molecular complexity index is 306. The van der Waals surface area contributed by atoms with E-state index in [1.54, 1.807) is 4.90 Å². The first-order valence-electron chi connectivity index (χ1n) is 6.26. The number of carbonyl (C=O) groups excluding carboxylic acids is 1. The van der Waals surface area contributed by atoms with Crippen molar-refractivity contribution in [2.75, 3.05) is 13.1 Å². The molecule has 0 aromatic rings. The van der Waals surface area contributed by atoms with Gasteiger partial charge in [-0.1, -0.05) is 6.92 Å². The van der Waals surface area contributed by atoms with Crippen LogP contribution < -0.4 is 5.32 Å². The van der Waals surface area contributed by atoms with Crippen LogP contribution in [0.15, 0.2) is 0 Å². The lowest BCUT2D eigenvalue weighted by atomic mass is 10.0. The molecule has 0 radical (unpaired) electrons. The van der Waals surface area contributed by atoms with Gasteiger partial charge in [0.25, 0.3) is 0 Å². The molecule has 0 spiro atoms. The molecular formula is C13H26N2O3. The molecule has 0 rings (SSSR count). The second kappa shape index (κ2) is 6.18. The van der Waals surface area contributed by atoms with Crippen LogP contribution in [-0.2, 0) is 9.59 Å². The van der Waals surface area contributed by atoms with E-state index in [-0.39, 0.29) is 30.1 Å². The van der Waals surface area contributed by atoms with Gasteiger partial charge in [0, 0.05) is 11.1 Å². The Hall–Kier alpha value is -1.10. The molecule has 0 saturated carbocycles. The van der Waals surface area contributed by atoms with E-state index in [1.807, 2.05) is 41.5 Å². The van der Waals surface area contributed by atoms with Crippen LogP contribution in [0.1, 0.15) is 48.0 Å². The Morgan fingerprint density at radius 2 is 1.61 bits per heavy atom. The lowest BCUT2D eigenvalue weighted by molar-refractivity contribution is -0.140. The van der Waals surface area contributed by atoms with E-state index in [1.165, 1.54) is 0 Å². The van der Waals surface area contributed by atoms with E-state index in [4.69, 9.17) is 5.11 Å². The fraction of sp³-hybridized carbons (Fsp3) is 0.846. The van der Waals surface area contributed by atoms with Crippen molar-refractivity contribution in [1.82, 2.24) is 10.2 Å². The van der Waals surface area contributed by atoms with E-state index in [2.05, 4.69) is 5.32 Å². The van der Waals surface area contributed by atoms with Crippen molar-refractivity contribution in [2.24, 2.45) is 0 Å². The highest BCUT2D eigenvalue weighted by molar-refractivity contribution is 5.79. The number of hydrogen-bond donors (Lipinski definition) is 2. The van der Waals surface area contributed by atoms with Crippen LogP contribution >= 0.6 is 0 Å². The molecule has 18 heavy (non-hydrogen) atoms. The second-order valence-electron chi connectivity index (χ2n) is 6.21. The standard InChI is InChI=1S/C13H26N2O3/c1-7-13(5,6)14-10(16)8-15(9-11(17)18)12(2,3)4/h7-9H2,1-6H3,(H,14,16)(H,17,18). The molecule has 106 valence electrons. The smallest absolute Gasteiger partial charge is 0.317 e. The summed E-state index contributed by atoms with van der Waals surface area (Å²) < 4.78 is 0. The topological polar surface area (TPSA) is 69.6 Å². The van der Waals surface area contributed by atoms with Crippen molar-refractivity contribution < 1.29 is 14.7 Å². The van der Waals surface area contributed by atoms with E-state index >= 15 is 0 Å². The number of carboxylic acids is 1. The van der Waals surface area contributed by atoms with Crippen LogP contribution in [0.3, 0.4) is 0 Å². The number of carbonyl (C=O) groups is 2. The molecule has 0 heterocycles. The van der Waals surface area contributed by atoms with E-state index in [0.717, 1.165) is 6.42 Å². The van der Waals surface area contributed by atoms with Gasteiger partial charge in [0.05, 0.1) is 13.1 Å². The maximum atomic E-state index is 11.9. The highest BCUT2D eigenvalue weighted by atomic mass is 16.4. The quantitative estimate of drug-likeness (QED) is 0.757. The molecular weight excluding hydrogens is 232 g/mol. The number of rotatable bonds is 6. The van der Waals surface area contributed by atoms with Crippen LogP contribution in [0.2, 0.25) is 0 Å². The number of hydrogen-bond acceptors (Lipinski definition) is 3. The largest absolute Gasteiger partial charge is 0.480 e. The SMILES string of the molecule is CCC(C)(C)NC(=O)CN(CC(=O)O)C(C)(C)C. The van der Waals surface area contributed by atoms with E-state index in [9.17, 15) is 9.59 Å². The van der Waals surface area contributed by atoms with Crippen molar-refractivity contribution in [2.45, 2.75) is 59.0 Å². The predicted octanol–water partition coefficient (Wildman–Crippen LogP) is 1.48. The predicted molar refractivity (Wildman–Crippen MR) is 71.5 cm³/mol. The third-order valence-corrected chi connectivity index (χ3v) is 2.97. The van der Waals surface area contributed by atoms with Crippen molar-refractivity contribution in [3.8, 4) is 0 Å². The summed E-state index contributed by atoms with van der Waals surface area (Å²) in [5, 5.41) is 11.8. The minimum Gasteiger partial charge on any atom is -0.480 e. The lowest BCUT2D eigenvalue weighted by Gasteiger charge is -2.35. The summed E-state index contributed by atoms with van der Waals surface area (Å²) in [6.45, 7) is 11.5. The molecule has 1 amide bonds. The minimum atomic E-state index is -0.924. The van der Waals surface area contributed by atoms with Gasteiger partial charge < -0.3 is 10.4 Å². The van der Waals surface area contributed by atoms with Gasteiger partial charge in [-0.25, -0.2) is 0 Å². The van der Waals surface area contributed by atoms with Crippen LogP contribution in [0.4, 0.5) is 0 Å². The first-order valence-corrected chi connectivity index (χ1v) is 6.26. The number of nitrogens with one attached hydrogen (secondary N) is 1. The molecule has 0 atom stereocenters. The Morgan fingerprint density at radius 3 is 1.94 bits per heavy atom. The van der Waals surface area contributed by atoms with Crippen molar-refractivity contribution >= 4 is 11.9 Å². The molecule has 0 unspecified atom stereocenters. The highest BCUT2D eigenvalue weighted by Gasteiger charge is 2.27. The van der Waals surface area contributed by atoms with Crippen molar-refractivity contribution in [1.29, 1.82) is 0 Å². The van der Waals surface area contributed by atoms with E-state index in [0.29, 0.717) is 0 Å². The Morgan fingerprint density at radius 1 is 1.11 bits per heavy atom. The highest BCUT2D eigenvalue weighted by Crippen LogP contribution is 2.13. The molecule has 0 aromatic carbocycles. The summed E-state index contributed by atoms with van der Waals surface area (Å²) in [6.07, 6.45) is 0.827. The van der Waals surface area contributed by atoms with Gasteiger partial charge in [0.15, 0.2) is 0 Å². The summed E-state index contributed by atoms with van der Waals surface area (Å²) in [6, 6.07) is 0. The van der Waals surface area contributed by atoms with Gasteiger partial charge in [-0.05, 0) is 41.0 Å². The molecule has 0 saturated heterocycles. The molecule has 5 heteroatoms. The molecule has 0 aliphatic heterocycles. The third kappa shape index (κ3) is 6.59. The van der Waals surface area contributed by atoms with Gasteiger partial charge in [-0.3, -0.25) is 14.5 Å². The zero-order chi connectivity index (χ0) is 14.6. The summed E-state index contributed by atoms with van der Waals surface area (Å²) in [4.78, 5) is 24.4. The number of aliphatic carboxylic acids is 1. The number of amides is 1. The van der Waals surface area contributed by atoms with Crippen LogP contribution in [0.25, 0.3) is 0 Å². The summed E-state index contributed by atoms with van der Waals surface area (Å²) in [7, 11) is 0. The van der Waals surface area contributed by atoms with Gasteiger partial charge in [0.1, 0.15) is 0 Å². The van der Waals surface area contributed by atoms with Crippen LogP contribution in [-0.4, -0.2) is 46.1 Å². The molecule has 0 aromatic heterocycles. The van der Waals surface area contributed by atoms with Gasteiger partial charge in [-0.15, -0.1) is 0 Å². The van der Waals surface area contributed by atoms with Crippen LogP contribution in [0.5, 0.6) is 0 Å². The average molecular weight is 258 g/mol. The first-order chi connectivity index (χ1) is 7.98. The van der Waals surface area contributed by atoms with Crippen molar-refractivity contribution in [3.63, 3.8) is 0 Å². The van der Waals surface area contributed by atoms with Crippen LogP contribution in [0, 0.1) is 0 Å². The first kappa shape index (κ1) is 16.9. The van der Waals surface area contributed by atoms with Gasteiger partial charge in [0.2, 0.25) is 5.91 Å². The molecule has 0 bridgehead atoms. The lowest BCUT2D eigenvalue weighted by Crippen LogP contribution is -2.52. The Balaban J connectivity index is 4.60. The number of nitrogens with zero attached hydrogens (tertiary/aromatic N) is 1. The molecule has 5 nitrogen and oxygen atoms in total. The minimum absolute atomic E-state index is 0.0965. The average Bonchev–Trinajstić information content (AvgIpc) is 2.13. The Kier molecular flexibility index (Phi) is 5.80. The monoisotopic (exact) mass is 258 g/mol. The molecule has 0 aliphatic rings. The Labute approximate surface area is 110 Å². The summed E-state index contributed by atoms with van der Waals surface area (Å²) in [5.41, 5.74) is -0.615. The summed E-state index contributed by atoms with van der Waals surface area (Å²) >= 11 is 0. The summed E-state index contributed by atoms with van der Waals surface area (Å²) in [5.74, 6) is -1.06. The number of carboxylic acid groups (broad SMARTS) is 1. The van der Waals surface area contributed by atoms with E-state index < -0.39 is 5.97 Å². The zero-order valence-electron chi connectivity index (χ0n) is 12.3.